The molecule has 1 aromatic heterocycles. The van der Waals surface area contributed by atoms with Gasteiger partial charge in [-0.15, -0.1) is 0 Å². The molecule has 4 heteroatoms. The van der Waals surface area contributed by atoms with Crippen molar-refractivity contribution in [2.75, 3.05) is 0 Å². The highest BCUT2D eigenvalue weighted by Crippen LogP contribution is 2.30. The van der Waals surface area contributed by atoms with Gasteiger partial charge in [-0.05, 0) is 28.9 Å². The second-order valence-electron chi connectivity index (χ2n) is 2.16. The van der Waals surface area contributed by atoms with Crippen molar-refractivity contribution >= 4 is 32.6 Å². The summed E-state index contributed by atoms with van der Waals surface area (Å²) in [5.74, 6) is 0. The van der Waals surface area contributed by atoms with Crippen LogP contribution in [0.25, 0.3) is 5.03 Å². The van der Waals surface area contributed by atoms with E-state index in [2.05, 4.69) is 15.9 Å². The van der Waals surface area contributed by atoms with E-state index in [0.717, 1.165) is 0 Å². The van der Waals surface area contributed by atoms with Crippen molar-refractivity contribution in [2.24, 2.45) is 0 Å². The summed E-state index contributed by atoms with van der Waals surface area (Å²) in [6.45, 7) is 1.65. The molecule has 0 aliphatic carbocycles. The average molecular weight is 246 g/mol. The van der Waals surface area contributed by atoms with Crippen molar-refractivity contribution in [1.29, 1.82) is 5.26 Å². The molecule has 0 bridgehead atoms. The van der Waals surface area contributed by atoms with E-state index in [-0.39, 0.29) is 0 Å². The summed E-state index contributed by atoms with van der Waals surface area (Å²) >= 11 is 9.04. The molecule has 0 saturated heterocycles. The molecule has 1 aromatic rings. The maximum atomic E-state index is 8.56. The van der Waals surface area contributed by atoms with E-state index in [1.165, 1.54) is 6.26 Å². The van der Waals surface area contributed by atoms with Crippen LogP contribution in [0.3, 0.4) is 0 Å². The summed E-state index contributed by atoms with van der Waals surface area (Å²) in [7, 11) is 0. The molecule has 0 radical (unpaired) electrons. The fourth-order valence-electron chi connectivity index (χ4n) is 0.701. The van der Waals surface area contributed by atoms with Crippen molar-refractivity contribution in [3.63, 3.8) is 0 Å². The van der Waals surface area contributed by atoms with Gasteiger partial charge in [-0.3, -0.25) is 0 Å². The first-order valence-electron chi connectivity index (χ1n) is 3.16. The molecule has 0 spiro atoms. The highest BCUT2D eigenvalue weighted by Gasteiger charge is 2.08. The van der Waals surface area contributed by atoms with Gasteiger partial charge in [0.1, 0.15) is 0 Å². The number of nitrogens with zero attached hydrogens (tertiary/aromatic N) is 1. The maximum Gasteiger partial charge on any atom is 0.177 e. The molecule has 2 nitrogen and oxygen atoms in total. The first kappa shape index (κ1) is 9.37. The number of hydrogen-bond donors (Lipinski definition) is 0. The van der Waals surface area contributed by atoms with E-state index in [4.69, 9.17) is 21.3 Å². The molecule has 0 unspecified atom stereocenters. The van der Waals surface area contributed by atoms with Crippen molar-refractivity contribution in [1.82, 2.24) is 0 Å². The molecule has 12 heavy (non-hydrogen) atoms. The summed E-state index contributed by atoms with van der Waals surface area (Å²) in [5, 5.41) is 8.97. The average Bonchev–Trinajstić information content (AvgIpc) is 2.48. The molecule has 0 saturated carbocycles. The van der Waals surface area contributed by atoms with Crippen LogP contribution < -0.4 is 0 Å². The lowest BCUT2D eigenvalue weighted by atomic mass is 10.2. The van der Waals surface area contributed by atoms with Crippen LogP contribution in [0.4, 0.5) is 0 Å². The fraction of sp³-hybridized carbons (Fsp3) is 0.125. The lowest BCUT2D eigenvalue weighted by molar-refractivity contribution is 0.540. The second kappa shape index (κ2) is 3.79. The second-order valence-corrected chi connectivity index (χ2v) is 3.26. The SMILES string of the molecule is C/C(C#N)=C(/Cl)c1ccoc1Br. The Hall–Kier alpha value is -0.720. The van der Waals surface area contributed by atoms with Gasteiger partial charge in [0.25, 0.3) is 0 Å². The summed E-state index contributed by atoms with van der Waals surface area (Å²) in [4.78, 5) is 0. The van der Waals surface area contributed by atoms with Crippen LogP contribution in [-0.4, -0.2) is 0 Å². The molecular formula is C8H5BrClNO. The van der Waals surface area contributed by atoms with Crippen LogP contribution in [0.15, 0.2) is 27.0 Å². The van der Waals surface area contributed by atoms with E-state index in [0.29, 0.717) is 20.8 Å². The molecular weight excluding hydrogens is 241 g/mol. The fourth-order valence-corrected chi connectivity index (χ4v) is 1.44. The number of allylic oxidation sites excluding steroid dienone is 1. The van der Waals surface area contributed by atoms with Gasteiger partial charge in [0.2, 0.25) is 0 Å². The van der Waals surface area contributed by atoms with Gasteiger partial charge >= 0.3 is 0 Å². The third-order valence-corrected chi connectivity index (χ3v) is 2.45. The Kier molecular flexibility index (Phi) is 2.96. The molecule has 0 aliphatic heterocycles. The van der Waals surface area contributed by atoms with Crippen molar-refractivity contribution in [3.8, 4) is 6.07 Å². The summed E-state index contributed by atoms with van der Waals surface area (Å²) in [6, 6.07) is 3.67. The van der Waals surface area contributed by atoms with Gasteiger partial charge < -0.3 is 4.42 Å². The van der Waals surface area contributed by atoms with Crippen LogP contribution in [0, 0.1) is 11.3 Å². The van der Waals surface area contributed by atoms with Crippen LogP contribution in [0.1, 0.15) is 12.5 Å². The lowest BCUT2D eigenvalue weighted by Gasteiger charge is -1.94. The molecule has 0 fully saturated rings. The molecule has 62 valence electrons. The van der Waals surface area contributed by atoms with Crippen LogP contribution in [-0.2, 0) is 0 Å². The first-order valence-corrected chi connectivity index (χ1v) is 4.33. The predicted molar refractivity (Wildman–Crippen MR) is 50.5 cm³/mol. The number of rotatable bonds is 1. The molecule has 1 heterocycles. The van der Waals surface area contributed by atoms with E-state index in [1.54, 1.807) is 13.0 Å². The quantitative estimate of drug-likeness (QED) is 0.711. The number of furan rings is 1. The smallest absolute Gasteiger partial charge is 0.177 e. The largest absolute Gasteiger partial charge is 0.457 e. The number of hydrogen-bond acceptors (Lipinski definition) is 2. The highest BCUT2D eigenvalue weighted by molar-refractivity contribution is 9.10. The minimum atomic E-state index is 0.415. The standard InChI is InChI=1S/C8H5BrClNO/c1-5(4-11)7(10)6-2-3-12-8(6)9/h2-3H,1H3/b7-5-. The van der Waals surface area contributed by atoms with Gasteiger partial charge in [0, 0.05) is 11.1 Å². The monoisotopic (exact) mass is 245 g/mol. The number of nitriles is 1. The number of halogens is 2. The topological polar surface area (TPSA) is 36.9 Å². The Morgan fingerprint density at radius 3 is 2.83 bits per heavy atom. The maximum absolute atomic E-state index is 8.56. The van der Waals surface area contributed by atoms with Crippen LogP contribution in [0.5, 0.6) is 0 Å². The highest BCUT2D eigenvalue weighted by atomic mass is 79.9. The van der Waals surface area contributed by atoms with Crippen molar-refractivity contribution < 1.29 is 4.42 Å². The summed E-state index contributed by atoms with van der Waals surface area (Å²) in [6.07, 6.45) is 1.51. The molecule has 0 atom stereocenters. The third kappa shape index (κ3) is 1.71. The minimum absolute atomic E-state index is 0.415. The Bertz CT molecular complexity index is 361. The van der Waals surface area contributed by atoms with E-state index in [9.17, 15) is 0 Å². The Morgan fingerprint density at radius 1 is 1.75 bits per heavy atom. The molecule has 1 rings (SSSR count). The van der Waals surface area contributed by atoms with Crippen LogP contribution in [0.2, 0.25) is 0 Å². The zero-order valence-electron chi connectivity index (χ0n) is 6.27. The Morgan fingerprint density at radius 2 is 2.42 bits per heavy atom. The van der Waals surface area contributed by atoms with Crippen molar-refractivity contribution in [3.05, 3.63) is 28.1 Å². The molecule has 0 amide bonds. The molecule has 0 aromatic carbocycles. The van der Waals surface area contributed by atoms with E-state index < -0.39 is 0 Å². The third-order valence-electron chi connectivity index (χ3n) is 1.35. The lowest BCUT2D eigenvalue weighted by Crippen LogP contribution is -1.77. The zero-order valence-corrected chi connectivity index (χ0v) is 8.61. The van der Waals surface area contributed by atoms with Gasteiger partial charge in [0.05, 0.1) is 17.4 Å². The van der Waals surface area contributed by atoms with Crippen molar-refractivity contribution in [2.45, 2.75) is 6.92 Å². The first-order chi connectivity index (χ1) is 5.66. The molecule has 0 aliphatic rings. The van der Waals surface area contributed by atoms with Crippen LogP contribution >= 0.6 is 27.5 Å². The van der Waals surface area contributed by atoms with Gasteiger partial charge in [-0.2, -0.15) is 5.26 Å². The van der Waals surface area contributed by atoms with Gasteiger partial charge in [-0.25, -0.2) is 0 Å². The van der Waals surface area contributed by atoms with Gasteiger partial charge in [0.15, 0.2) is 4.67 Å². The Balaban J connectivity index is 3.18. The predicted octanol–water partition coefficient (Wildman–Crippen LogP) is 3.54. The minimum Gasteiger partial charge on any atom is -0.457 e. The normalized spacial score (nSPS) is 12.2. The van der Waals surface area contributed by atoms with Gasteiger partial charge in [-0.1, -0.05) is 11.6 Å². The van der Waals surface area contributed by atoms with E-state index >= 15 is 0 Å². The zero-order chi connectivity index (χ0) is 9.14. The summed E-state index contributed by atoms with van der Waals surface area (Å²) < 4.78 is 5.51. The Labute approximate surface area is 83.6 Å². The van der Waals surface area contributed by atoms with E-state index in [1.807, 2.05) is 6.07 Å². The summed E-state index contributed by atoms with van der Waals surface area (Å²) in [5.41, 5.74) is 1.18. The molecule has 0 N–H and O–H groups in total.